The molecular formula is C17H15NO2S. The van der Waals surface area contributed by atoms with E-state index in [0.29, 0.717) is 5.56 Å². The molecule has 0 bridgehead atoms. The number of allylic oxidation sites excluding steroid dienone is 1. The quantitative estimate of drug-likeness (QED) is 0.810. The standard InChI is InChI=1S/C17H15NO2S/c1-2-14-8-10-15(11-9-14)12-17(13-18)21(19,20)16-6-4-3-5-7-16/h3-12H,2H2,1H3/b17-12+. The Bertz CT molecular complexity index is 783. The van der Waals surface area contributed by atoms with Crippen molar-refractivity contribution in [3.05, 3.63) is 70.6 Å². The van der Waals surface area contributed by atoms with Gasteiger partial charge in [-0.1, -0.05) is 49.4 Å². The third kappa shape index (κ3) is 3.39. The molecule has 0 spiro atoms. The molecule has 2 aromatic rings. The van der Waals surface area contributed by atoms with E-state index in [1.165, 1.54) is 18.2 Å². The third-order valence-electron chi connectivity index (χ3n) is 3.14. The second-order valence-electron chi connectivity index (χ2n) is 4.53. The zero-order valence-electron chi connectivity index (χ0n) is 11.7. The molecule has 4 heteroatoms. The second-order valence-corrected chi connectivity index (χ2v) is 6.45. The van der Waals surface area contributed by atoms with Crippen molar-refractivity contribution in [1.29, 1.82) is 5.26 Å². The van der Waals surface area contributed by atoms with Gasteiger partial charge in [0.05, 0.1) is 4.90 Å². The lowest BCUT2D eigenvalue weighted by atomic mass is 10.1. The molecule has 0 fully saturated rings. The number of nitrogens with zero attached hydrogens (tertiary/aromatic N) is 1. The van der Waals surface area contributed by atoms with Crippen LogP contribution >= 0.6 is 0 Å². The van der Waals surface area contributed by atoms with E-state index in [4.69, 9.17) is 0 Å². The fraction of sp³-hybridized carbons (Fsp3) is 0.118. The third-order valence-corrected chi connectivity index (χ3v) is 4.82. The van der Waals surface area contributed by atoms with Crippen LogP contribution in [0.1, 0.15) is 18.1 Å². The minimum absolute atomic E-state index is 0.128. The van der Waals surface area contributed by atoms with E-state index in [0.717, 1.165) is 12.0 Å². The molecule has 0 aromatic heterocycles. The first-order valence-corrected chi connectivity index (χ1v) is 8.07. The summed E-state index contributed by atoms with van der Waals surface area (Å²) in [6.45, 7) is 2.05. The Kier molecular flexibility index (Phi) is 4.56. The Balaban J connectivity index is 2.44. The monoisotopic (exact) mass is 297 g/mol. The fourth-order valence-corrected chi connectivity index (χ4v) is 3.08. The normalized spacial score (nSPS) is 11.9. The molecule has 0 heterocycles. The summed E-state index contributed by atoms with van der Waals surface area (Å²) in [5, 5.41) is 9.19. The van der Waals surface area contributed by atoms with Crippen molar-refractivity contribution in [2.24, 2.45) is 0 Å². The average Bonchev–Trinajstić information content (AvgIpc) is 2.53. The molecule has 0 saturated carbocycles. The summed E-state index contributed by atoms with van der Waals surface area (Å²) in [5.74, 6) is 0. The topological polar surface area (TPSA) is 57.9 Å². The van der Waals surface area contributed by atoms with Crippen molar-refractivity contribution in [1.82, 2.24) is 0 Å². The van der Waals surface area contributed by atoms with Crippen molar-refractivity contribution < 1.29 is 8.42 Å². The zero-order chi connectivity index (χ0) is 15.3. The zero-order valence-corrected chi connectivity index (χ0v) is 12.5. The van der Waals surface area contributed by atoms with Crippen molar-refractivity contribution in [2.45, 2.75) is 18.2 Å². The summed E-state index contributed by atoms with van der Waals surface area (Å²) in [6, 6.07) is 17.3. The molecule has 2 aromatic carbocycles. The second kappa shape index (κ2) is 6.38. The number of aryl methyl sites for hydroxylation is 1. The maximum atomic E-state index is 12.4. The SMILES string of the molecule is CCc1ccc(/C=C(\C#N)S(=O)(=O)c2ccccc2)cc1. The molecule has 2 rings (SSSR count). The molecule has 0 N–H and O–H groups in total. The van der Waals surface area contributed by atoms with E-state index in [9.17, 15) is 13.7 Å². The molecule has 0 atom stereocenters. The van der Waals surface area contributed by atoms with Crippen LogP contribution in [0.25, 0.3) is 6.08 Å². The highest BCUT2D eigenvalue weighted by atomic mass is 32.2. The Hall–Kier alpha value is -2.38. The van der Waals surface area contributed by atoms with Crippen LogP contribution in [-0.4, -0.2) is 8.42 Å². The molecule has 0 saturated heterocycles. The molecule has 21 heavy (non-hydrogen) atoms. The summed E-state index contributed by atoms with van der Waals surface area (Å²) in [4.78, 5) is -0.124. The van der Waals surface area contributed by atoms with Gasteiger partial charge in [0, 0.05) is 0 Å². The van der Waals surface area contributed by atoms with E-state index in [1.807, 2.05) is 31.2 Å². The molecule has 106 valence electrons. The highest BCUT2D eigenvalue weighted by Crippen LogP contribution is 2.21. The minimum Gasteiger partial charge on any atom is -0.218 e. The van der Waals surface area contributed by atoms with Crippen LogP contribution in [0.3, 0.4) is 0 Å². The van der Waals surface area contributed by atoms with Gasteiger partial charge >= 0.3 is 0 Å². The van der Waals surface area contributed by atoms with Gasteiger partial charge in [0.1, 0.15) is 11.0 Å². The summed E-state index contributed by atoms with van der Waals surface area (Å²) < 4.78 is 24.8. The van der Waals surface area contributed by atoms with Gasteiger partial charge in [0.2, 0.25) is 9.84 Å². The molecule has 0 radical (unpaired) electrons. The van der Waals surface area contributed by atoms with Crippen molar-refractivity contribution in [2.75, 3.05) is 0 Å². The summed E-state index contributed by atoms with van der Waals surface area (Å²) in [5.41, 5.74) is 1.86. The number of hydrogen-bond donors (Lipinski definition) is 0. The predicted octanol–water partition coefficient (Wildman–Crippen LogP) is 3.59. The summed E-state index contributed by atoms with van der Waals surface area (Å²) in [6.07, 6.45) is 2.32. The lowest BCUT2D eigenvalue weighted by Gasteiger charge is -2.03. The number of hydrogen-bond acceptors (Lipinski definition) is 3. The van der Waals surface area contributed by atoms with E-state index in [1.54, 1.807) is 24.3 Å². The van der Waals surface area contributed by atoms with E-state index in [2.05, 4.69) is 0 Å². The highest BCUT2D eigenvalue weighted by molar-refractivity contribution is 7.95. The maximum Gasteiger partial charge on any atom is 0.216 e. The van der Waals surface area contributed by atoms with Crippen LogP contribution < -0.4 is 0 Å². The van der Waals surface area contributed by atoms with Gasteiger partial charge in [-0.2, -0.15) is 5.26 Å². The van der Waals surface area contributed by atoms with Gasteiger partial charge in [-0.05, 0) is 35.8 Å². The molecule has 0 aliphatic rings. The Morgan fingerprint density at radius 3 is 2.24 bits per heavy atom. The Morgan fingerprint density at radius 2 is 1.71 bits per heavy atom. The van der Waals surface area contributed by atoms with E-state index in [-0.39, 0.29) is 9.80 Å². The van der Waals surface area contributed by atoms with Crippen LogP contribution in [0.15, 0.2) is 64.4 Å². The van der Waals surface area contributed by atoms with Gasteiger partial charge in [-0.15, -0.1) is 0 Å². The van der Waals surface area contributed by atoms with Crippen molar-refractivity contribution in [3.63, 3.8) is 0 Å². The van der Waals surface area contributed by atoms with E-state index >= 15 is 0 Å². The molecular weight excluding hydrogens is 282 g/mol. The van der Waals surface area contributed by atoms with Crippen molar-refractivity contribution >= 4 is 15.9 Å². The van der Waals surface area contributed by atoms with Gasteiger partial charge in [-0.25, -0.2) is 8.42 Å². The first kappa shape index (κ1) is 15.0. The lowest BCUT2D eigenvalue weighted by Crippen LogP contribution is -2.03. The number of benzene rings is 2. The van der Waals surface area contributed by atoms with Gasteiger partial charge in [0.15, 0.2) is 0 Å². The summed E-state index contributed by atoms with van der Waals surface area (Å²) >= 11 is 0. The summed E-state index contributed by atoms with van der Waals surface area (Å²) in [7, 11) is -3.77. The molecule has 0 aliphatic heterocycles. The molecule has 0 unspecified atom stereocenters. The smallest absolute Gasteiger partial charge is 0.216 e. The minimum atomic E-state index is -3.77. The van der Waals surface area contributed by atoms with Gasteiger partial charge in [0.25, 0.3) is 0 Å². The van der Waals surface area contributed by atoms with Crippen LogP contribution in [0.5, 0.6) is 0 Å². The number of nitriles is 1. The van der Waals surface area contributed by atoms with Crippen LogP contribution in [0, 0.1) is 11.3 Å². The van der Waals surface area contributed by atoms with Crippen molar-refractivity contribution in [3.8, 4) is 6.07 Å². The largest absolute Gasteiger partial charge is 0.218 e. The van der Waals surface area contributed by atoms with Crippen LogP contribution in [0.2, 0.25) is 0 Å². The van der Waals surface area contributed by atoms with E-state index < -0.39 is 9.84 Å². The predicted molar refractivity (Wildman–Crippen MR) is 83.0 cm³/mol. The average molecular weight is 297 g/mol. The van der Waals surface area contributed by atoms with Gasteiger partial charge in [-0.3, -0.25) is 0 Å². The van der Waals surface area contributed by atoms with Crippen LogP contribution in [0.4, 0.5) is 0 Å². The molecule has 0 amide bonds. The first-order valence-electron chi connectivity index (χ1n) is 6.59. The lowest BCUT2D eigenvalue weighted by molar-refractivity contribution is 0.603. The van der Waals surface area contributed by atoms with Gasteiger partial charge < -0.3 is 0 Å². The van der Waals surface area contributed by atoms with Crippen LogP contribution in [-0.2, 0) is 16.3 Å². The fourth-order valence-electron chi connectivity index (χ4n) is 1.90. The molecule has 0 aliphatic carbocycles. The Morgan fingerprint density at radius 1 is 1.10 bits per heavy atom. The Labute approximate surface area is 125 Å². The number of sulfone groups is 1. The first-order chi connectivity index (χ1) is 10.1. The molecule has 3 nitrogen and oxygen atoms in total. The maximum absolute atomic E-state index is 12.4. The number of rotatable bonds is 4. The highest BCUT2D eigenvalue weighted by Gasteiger charge is 2.20.